The number of carbonyl (C=O) groups excluding carboxylic acids is 1. The van der Waals surface area contributed by atoms with E-state index >= 15 is 0 Å². The minimum absolute atomic E-state index is 0.133. The second kappa shape index (κ2) is 18.6. The van der Waals surface area contributed by atoms with E-state index < -0.39 is 0 Å². The van der Waals surface area contributed by atoms with Gasteiger partial charge < -0.3 is 29.2 Å². The van der Waals surface area contributed by atoms with Gasteiger partial charge >= 0.3 is 0 Å². The Morgan fingerprint density at radius 3 is 1.79 bits per heavy atom. The number of nitrogens with one attached hydrogen (secondary N) is 1. The van der Waals surface area contributed by atoms with E-state index in [1.165, 1.54) is 0 Å². The van der Waals surface area contributed by atoms with E-state index in [1.807, 2.05) is 6.92 Å². The number of ether oxygens (including phenoxy) is 4. The molecular formula is C17H36N2O5. The van der Waals surface area contributed by atoms with Gasteiger partial charge in [-0.1, -0.05) is 13.8 Å². The molecule has 0 bridgehead atoms. The molecular weight excluding hydrogens is 312 g/mol. The molecule has 0 spiro atoms. The van der Waals surface area contributed by atoms with Gasteiger partial charge in [0.1, 0.15) is 0 Å². The fraction of sp³-hybridized carbons (Fsp3) is 0.941. The third-order valence-corrected chi connectivity index (χ3v) is 3.27. The first kappa shape index (κ1) is 23.3. The highest BCUT2D eigenvalue weighted by Gasteiger charge is 2.04. The van der Waals surface area contributed by atoms with E-state index in [4.69, 9.17) is 18.9 Å². The molecule has 0 unspecified atom stereocenters. The highest BCUT2D eigenvalue weighted by molar-refractivity contribution is 5.75. The topological polar surface area (TPSA) is 69.3 Å². The van der Waals surface area contributed by atoms with Crippen LogP contribution in [0.25, 0.3) is 0 Å². The third-order valence-electron chi connectivity index (χ3n) is 3.27. The Morgan fingerprint density at radius 2 is 1.29 bits per heavy atom. The van der Waals surface area contributed by atoms with Gasteiger partial charge in [0.25, 0.3) is 0 Å². The van der Waals surface area contributed by atoms with Crippen LogP contribution >= 0.6 is 0 Å². The zero-order valence-electron chi connectivity index (χ0n) is 15.7. The molecule has 7 heteroatoms. The van der Waals surface area contributed by atoms with Crippen molar-refractivity contribution in [2.45, 2.75) is 26.7 Å². The van der Waals surface area contributed by atoms with Crippen LogP contribution in [0.1, 0.15) is 26.7 Å². The average molecular weight is 348 g/mol. The summed E-state index contributed by atoms with van der Waals surface area (Å²) < 4.78 is 21.6. The Hall–Kier alpha value is -0.730. The first-order valence-corrected chi connectivity index (χ1v) is 8.98. The van der Waals surface area contributed by atoms with Gasteiger partial charge in [-0.05, 0) is 13.0 Å². The lowest BCUT2D eigenvalue weighted by molar-refractivity contribution is -0.130. The molecule has 0 aliphatic carbocycles. The van der Waals surface area contributed by atoms with Crippen molar-refractivity contribution in [3.05, 3.63) is 0 Å². The lowest BCUT2D eigenvalue weighted by Gasteiger charge is -2.16. The molecule has 0 aromatic rings. The van der Waals surface area contributed by atoms with Gasteiger partial charge in [0.2, 0.25) is 5.91 Å². The van der Waals surface area contributed by atoms with Crippen molar-refractivity contribution >= 4 is 5.91 Å². The van der Waals surface area contributed by atoms with Crippen LogP contribution in [0, 0.1) is 0 Å². The van der Waals surface area contributed by atoms with E-state index in [9.17, 15) is 4.79 Å². The molecule has 0 atom stereocenters. The van der Waals surface area contributed by atoms with Crippen LogP contribution in [0.4, 0.5) is 0 Å². The van der Waals surface area contributed by atoms with Gasteiger partial charge in [-0.25, -0.2) is 0 Å². The Kier molecular flexibility index (Phi) is 18.0. The van der Waals surface area contributed by atoms with E-state index in [2.05, 4.69) is 12.2 Å². The SMILES string of the molecule is CCCNCCOCCOCCOCCOCCN(C)C(=O)CC. The van der Waals surface area contributed by atoms with Crippen molar-refractivity contribution < 1.29 is 23.7 Å². The van der Waals surface area contributed by atoms with Crippen LogP contribution < -0.4 is 5.32 Å². The summed E-state index contributed by atoms with van der Waals surface area (Å²) in [5.41, 5.74) is 0. The maximum atomic E-state index is 11.3. The number of hydrogen-bond donors (Lipinski definition) is 1. The molecule has 144 valence electrons. The van der Waals surface area contributed by atoms with Crippen LogP contribution in [-0.2, 0) is 23.7 Å². The highest BCUT2D eigenvalue weighted by atomic mass is 16.6. The smallest absolute Gasteiger partial charge is 0.222 e. The summed E-state index contributed by atoms with van der Waals surface area (Å²) in [6, 6.07) is 0. The summed E-state index contributed by atoms with van der Waals surface area (Å²) in [7, 11) is 1.79. The molecule has 0 aliphatic heterocycles. The lowest BCUT2D eigenvalue weighted by atomic mass is 10.4. The van der Waals surface area contributed by atoms with Crippen LogP contribution in [0.15, 0.2) is 0 Å². The Morgan fingerprint density at radius 1 is 0.792 bits per heavy atom. The van der Waals surface area contributed by atoms with E-state index in [-0.39, 0.29) is 5.91 Å². The van der Waals surface area contributed by atoms with Crippen LogP contribution in [0.5, 0.6) is 0 Å². The maximum absolute atomic E-state index is 11.3. The second-order valence-corrected chi connectivity index (χ2v) is 5.37. The van der Waals surface area contributed by atoms with Crippen molar-refractivity contribution in [3.63, 3.8) is 0 Å². The number of carbonyl (C=O) groups is 1. The van der Waals surface area contributed by atoms with Crippen molar-refractivity contribution in [2.24, 2.45) is 0 Å². The van der Waals surface area contributed by atoms with Crippen molar-refractivity contribution in [1.29, 1.82) is 0 Å². The van der Waals surface area contributed by atoms with Crippen molar-refractivity contribution in [1.82, 2.24) is 10.2 Å². The molecule has 0 fully saturated rings. The minimum Gasteiger partial charge on any atom is -0.378 e. The van der Waals surface area contributed by atoms with Gasteiger partial charge in [-0.3, -0.25) is 4.79 Å². The van der Waals surface area contributed by atoms with Crippen molar-refractivity contribution in [3.8, 4) is 0 Å². The molecule has 0 aliphatic rings. The Labute approximate surface area is 147 Å². The molecule has 0 aromatic carbocycles. The standard InChI is InChI=1S/C17H36N2O5/c1-4-6-18-7-9-21-11-13-23-15-16-24-14-12-22-10-8-19(3)17(20)5-2/h18H,4-16H2,1-3H3. The first-order chi connectivity index (χ1) is 11.7. The molecule has 1 amide bonds. The molecule has 0 rings (SSSR count). The summed E-state index contributed by atoms with van der Waals surface area (Å²) in [4.78, 5) is 13.0. The largest absolute Gasteiger partial charge is 0.378 e. The predicted molar refractivity (Wildman–Crippen MR) is 94.4 cm³/mol. The number of rotatable bonds is 18. The maximum Gasteiger partial charge on any atom is 0.222 e. The molecule has 1 N–H and O–H groups in total. The van der Waals surface area contributed by atoms with Crippen LogP contribution in [-0.4, -0.2) is 90.3 Å². The summed E-state index contributed by atoms with van der Waals surface area (Å²) in [5.74, 6) is 0.133. The molecule has 7 nitrogen and oxygen atoms in total. The van der Waals surface area contributed by atoms with Gasteiger partial charge in [0, 0.05) is 26.6 Å². The summed E-state index contributed by atoms with van der Waals surface area (Å²) in [6.45, 7) is 11.2. The Bertz CT molecular complexity index is 280. The van der Waals surface area contributed by atoms with Gasteiger partial charge in [-0.15, -0.1) is 0 Å². The molecule has 0 heterocycles. The molecule has 0 radical (unpaired) electrons. The van der Waals surface area contributed by atoms with Gasteiger partial charge in [-0.2, -0.15) is 0 Å². The molecule has 0 saturated heterocycles. The summed E-state index contributed by atoms with van der Waals surface area (Å²) in [6.07, 6.45) is 1.67. The number of amides is 1. The Balaban J connectivity index is 3.09. The normalized spacial score (nSPS) is 11.0. The fourth-order valence-electron chi connectivity index (χ4n) is 1.80. The molecule has 0 saturated carbocycles. The first-order valence-electron chi connectivity index (χ1n) is 8.98. The fourth-order valence-corrected chi connectivity index (χ4v) is 1.80. The zero-order valence-corrected chi connectivity index (χ0v) is 15.7. The van der Waals surface area contributed by atoms with Crippen molar-refractivity contribution in [2.75, 3.05) is 79.5 Å². The predicted octanol–water partition coefficient (Wildman–Crippen LogP) is 0.921. The van der Waals surface area contributed by atoms with Crippen LogP contribution in [0.2, 0.25) is 0 Å². The van der Waals surface area contributed by atoms with Crippen LogP contribution in [0.3, 0.4) is 0 Å². The van der Waals surface area contributed by atoms with Gasteiger partial charge in [0.05, 0.1) is 52.9 Å². The van der Waals surface area contributed by atoms with E-state index in [0.29, 0.717) is 59.2 Å². The highest BCUT2D eigenvalue weighted by Crippen LogP contribution is 1.90. The van der Waals surface area contributed by atoms with Gasteiger partial charge in [0.15, 0.2) is 0 Å². The van der Waals surface area contributed by atoms with E-state index in [0.717, 1.165) is 26.1 Å². The third kappa shape index (κ3) is 16.1. The molecule has 0 aromatic heterocycles. The summed E-state index contributed by atoms with van der Waals surface area (Å²) >= 11 is 0. The number of hydrogen-bond acceptors (Lipinski definition) is 6. The zero-order chi connectivity index (χ0) is 17.9. The quantitative estimate of drug-likeness (QED) is 0.372. The second-order valence-electron chi connectivity index (χ2n) is 5.37. The minimum atomic E-state index is 0.133. The monoisotopic (exact) mass is 348 g/mol. The lowest BCUT2D eigenvalue weighted by Crippen LogP contribution is -2.29. The van der Waals surface area contributed by atoms with E-state index in [1.54, 1.807) is 11.9 Å². The average Bonchev–Trinajstić information content (AvgIpc) is 2.60. The number of nitrogens with zero attached hydrogens (tertiary/aromatic N) is 1. The summed E-state index contributed by atoms with van der Waals surface area (Å²) in [5, 5.41) is 3.27. The number of likely N-dealkylation sites (N-methyl/N-ethyl adjacent to an activating group) is 1. The molecule has 24 heavy (non-hydrogen) atoms.